The Bertz CT molecular complexity index is 2870. The number of hydrogen-bond acceptors (Lipinski definition) is 16. The van der Waals surface area contributed by atoms with Crippen LogP contribution in [0, 0.1) is 18.2 Å². The Hall–Kier alpha value is -5.82. The Morgan fingerprint density at radius 2 is 1.48 bits per heavy atom. The predicted octanol–water partition coefficient (Wildman–Crippen LogP) is 7.38. The number of likely N-dealkylation sites (tertiary alicyclic amines) is 2. The van der Waals surface area contributed by atoms with Crippen molar-refractivity contribution in [1.82, 2.24) is 40.2 Å². The van der Waals surface area contributed by atoms with Crippen molar-refractivity contribution in [3.05, 3.63) is 99.2 Å². The van der Waals surface area contributed by atoms with Crippen molar-refractivity contribution in [3.8, 4) is 27.3 Å². The Labute approximate surface area is 486 Å². The number of piperidine rings is 1. The molecule has 0 bridgehead atoms. The van der Waals surface area contributed by atoms with E-state index in [9.17, 15) is 28.7 Å². The second-order valence-corrected chi connectivity index (χ2v) is 22.6. The van der Waals surface area contributed by atoms with E-state index in [2.05, 4.69) is 25.7 Å². The number of ether oxygens (including phenoxy) is 6. The topological polar surface area (TPSA) is 244 Å². The van der Waals surface area contributed by atoms with E-state index >= 15 is 0 Å². The maximum Gasteiger partial charge on any atom is 0.246 e. The number of aliphatic hydroxyl groups excluding tert-OH is 1. The molecule has 24 heteroatoms. The van der Waals surface area contributed by atoms with Crippen molar-refractivity contribution in [2.45, 2.75) is 104 Å². The number of pyridine rings is 1. The molecule has 0 saturated carbocycles. The summed E-state index contributed by atoms with van der Waals surface area (Å²) in [6.45, 7) is 13.7. The highest BCUT2D eigenvalue weighted by Gasteiger charge is 2.44. The third-order valence-electron chi connectivity index (χ3n) is 13.9. The molecule has 81 heavy (non-hydrogen) atoms. The van der Waals surface area contributed by atoms with E-state index in [1.165, 1.54) is 17.0 Å². The molecule has 2 saturated heterocycles. The molecule has 2 aliphatic heterocycles. The molecule has 4 atom stereocenters. The number of rotatable bonds is 29. The van der Waals surface area contributed by atoms with Gasteiger partial charge in [-0.15, -0.1) is 11.3 Å². The van der Waals surface area contributed by atoms with Crippen molar-refractivity contribution < 1.29 is 57.1 Å². The van der Waals surface area contributed by atoms with Gasteiger partial charge < -0.3 is 59.7 Å². The van der Waals surface area contributed by atoms with Gasteiger partial charge in [0.25, 0.3) is 0 Å². The van der Waals surface area contributed by atoms with Gasteiger partial charge >= 0.3 is 0 Å². The van der Waals surface area contributed by atoms with Crippen LogP contribution in [0.2, 0.25) is 10.0 Å². The minimum Gasteiger partial charge on any atom is -0.482 e. The van der Waals surface area contributed by atoms with Gasteiger partial charge in [0.2, 0.25) is 23.6 Å². The molecule has 2 fully saturated rings. The summed E-state index contributed by atoms with van der Waals surface area (Å²) < 4.78 is 50.2. The number of nitrogens with one attached hydrogen (secondary N) is 2. The van der Waals surface area contributed by atoms with Gasteiger partial charge in [-0.2, -0.15) is 5.10 Å². The zero-order valence-corrected chi connectivity index (χ0v) is 48.8. The van der Waals surface area contributed by atoms with Crippen LogP contribution in [0.15, 0.2) is 66.6 Å². The number of carbonyl (C=O) groups excluding carboxylic acids is 4. The number of halogens is 3. The van der Waals surface area contributed by atoms with E-state index in [-0.39, 0.29) is 91.8 Å². The first-order valence-corrected chi connectivity index (χ1v) is 28.8. The first kappa shape index (κ1) is 62.8. The average molecular weight is 1180 g/mol. The smallest absolute Gasteiger partial charge is 0.246 e. The Kier molecular flexibility index (Phi) is 23.6. The second-order valence-electron chi connectivity index (χ2n) is 21.0. The van der Waals surface area contributed by atoms with Crippen molar-refractivity contribution in [1.29, 1.82) is 0 Å². The molecule has 0 spiro atoms. The van der Waals surface area contributed by atoms with Crippen LogP contribution in [0.1, 0.15) is 88.8 Å². The Morgan fingerprint density at radius 3 is 2.10 bits per heavy atom. The van der Waals surface area contributed by atoms with Gasteiger partial charge in [0, 0.05) is 73.1 Å². The lowest BCUT2D eigenvalue weighted by Gasteiger charge is -2.35. The van der Waals surface area contributed by atoms with E-state index < -0.39 is 41.4 Å². The number of carbonyl (C=O) groups is 4. The molecule has 7 rings (SSSR count). The van der Waals surface area contributed by atoms with Crippen LogP contribution in [0.5, 0.6) is 5.75 Å². The molecule has 20 nitrogen and oxygen atoms in total. The number of hydrogen-bond donors (Lipinski definition) is 4. The van der Waals surface area contributed by atoms with Crippen molar-refractivity contribution in [2.24, 2.45) is 5.41 Å². The monoisotopic (exact) mass is 1180 g/mol. The van der Waals surface area contributed by atoms with Crippen LogP contribution in [-0.4, -0.2) is 162 Å². The van der Waals surface area contributed by atoms with Crippen LogP contribution in [0.4, 0.5) is 10.2 Å². The average Bonchev–Trinajstić information content (AvgIpc) is 4.24. The SMILES string of the molecule is Cc1ncsc1-c1ccc(CNC(=O)[C@@H]2C[C@@H](O)CN2C(=O)C(NC(=O)CCOCCOCCOCCOCCOCCC(=O)N2CCC(n3cc(-c4cnc(N)c(OC(C)c5c(Cl)ccc(F)c5Cl)c4)cn3)CC2)C(C)(C)C)cc1. The number of thiazole rings is 1. The molecule has 2 aliphatic rings. The third-order valence-corrected chi connectivity index (χ3v) is 15.6. The molecule has 2 aromatic carbocycles. The molecule has 4 amide bonds. The molecular formula is C57H74Cl2FN9O11S. The summed E-state index contributed by atoms with van der Waals surface area (Å²) in [6.07, 6.45) is 5.59. The van der Waals surface area contributed by atoms with E-state index in [1.54, 1.807) is 36.7 Å². The van der Waals surface area contributed by atoms with Gasteiger partial charge in [-0.3, -0.25) is 23.9 Å². The number of nitrogens with two attached hydrogens (primary N) is 1. The Balaban J connectivity index is 0.678. The highest BCUT2D eigenvalue weighted by atomic mass is 35.5. The summed E-state index contributed by atoms with van der Waals surface area (Å²) in [5.41, 5.74) is 12.0. The quantitative estimate of drug-likeness (QED) is 0.0270. The number of β-amino-alcohol motifs (C(OH)–C–C–N with tert-alkyl or cyclic N) is 1. The fourth-order valence-corrected chi connectivity index (χ4v) is 10.9. The van der Waals surface area contributed by atoms with Gasteiger partial charge in [-0.25, -0.2) is 14.4 Å². The van der Waals surface area contributed by atoms with E-state index in [0.29, 0.717) is 70.7 Å². The van der Waals surface area contributed by atoms with Gasteiger partial charge in [-0.1, -0.05) is 68.2 Å². The highest BCUT2D eigenvalue weighted by Crippen LogP contribution is 2.38. The lowest BCUT2D eigenvalue weighted by atomic mass is 9.85. The maximum absolute atomic E-state index is 14.2. The molecule has 440 valence electrons. The molecule has 0 radical (unpaired) electrons. The molecule has 3 aromatic heterocycles. The fourth-order valence-electron chi connectivity index (χ4n) is 9.42. The van der Waals surface area contributed by atoms with Crippen LogP contribution in [0.3, 0.4) is 0 Å². The second kappa shape index (κ2) is 30.5. The predicted molar refractivity (Wildman–Crippen MR) is 305 cm³/mol. The number of anilines is 1. The Morgan fingerprint density at radius 1 is 0.852 bits per heavy atom. The minimum atomic E-state index is -0.941. The summed E-state index contributed by atoms with van der Waals surface area (Å²) in [4.78, 5) is 66.3. The highest BCUT2D eigenvalue weighted by molar-refractivity contribution is 7.13. The zero-order valence-electron chi connectivity index (χ0n) is 46.5. The van der Waals surface area contributed by atoms with E-state index in [1.807, 2.05) is 73.2 Å². The number of benzene rings is 2. The van der Waals surface area contributed by atoms with Crippen molar-refractivity contribution >= 4 is 64.0 Å². The maximum atomic E-state index is 14.2. The molecular weight excluding hydrogens is 1110 g/mol. The van der Waals surface area contributed by atoms with Crippen molar-refractivity contribution in [3.63, 3.8) is 0 Å². The largest absolute Gasteiger partial charge is 0.482 e. The van der Waals surface area contributed by atoms with Gasteiger partial charge in [0.15, 0.2) is 11.6 Å². The molecule has 2 unspecified atom stereocenters. The molecule has 5 aromatic rings. The summed E-state index contributed by atoms with van der Waals surface area (Å²) in [5.74, 6) is -1.30. The number of aryl methyl sites for hydroxylation is 1. The number of nitrogens with zero attached hydrogens (tertiary/aromatic N) is 6. The summed E-state index contributed by atoms with van der Waals surface area (Å²) >= 11 is 14.1. The molecule has 5 heterocycles. The summed E-state index contributed by atoms with van der Waals surface area (Å²) in [6, 6.07) is 10.5. The van der Waals surface area contributed by atoms with Crippen LogP contribution >= 0.6 is 34.5 Å². The number of aliphatic hydroxyl groups is 1. The lowest BCUT2D eigenvalue weighted by Crippen LogP contribution is -2.57. The number of amides is 4. The molecule has 5 N–H and O–H groups in total. The van der Waals surface area contributed by atoms with E-state index in [0.717, 1.165) is 45.7 Å². The third kappa shape index (κ3) is 18.1. The van der Waals surface area contributed by atoms with Gasteiger partial charge in [0.1, 0.15) is 24.0 Å². The number of nitrogen functional groups attached to an aromatic ring is 1. The minimum absolute atomic E-state index is 0.0138. The standard InChI is InChI=1S/C57H74Cl2FN9O11S/c1-36-52(81-35-64-36)39-8-6-38(7-9-39)30-63-55(73)46-29-43(70)34-68(46)56(74)53(57(3,4)5)66-48(71)14-18-75-20-22-77-24-26-79-27-25-78-23-21-76-19-15-49(72)67-16-12-42(13-17-67)69-33-41(32-65-69)40-28-47(54(61)62-31-40)80-37(2)50-44(58)10-11-45(60)51(50)59/h6-11,28,31-33,35,37,42-43,46,53,70H,12-27,29-30,34H2,1-5H3,(H2,61,62)(H,63,73)(H,66,71)/t37?,43-,46+,53?/m1/s1. The fraction of sp³-hybridized carbons (Fsp3) is 0.526. The first-order chi connectivity index (χ1) is 38.9. The summed E-state index contributed by atoms with van der Waals surface area (Å²) in [7, 11) is 0. The van der Waals surface area contributed by atoms with Crippen LogP contribution in [-0.2, 0) is 49.4 Å². The zero-order chi connectivity index (χ0) is 58.1. The first-order valence-electron chi connectivity index (χ1n) is 27.2. The molecule has 0 aliphatic carbocycles. The van der Waals surface area contributed by atoms with Gasteiger partial charge in [-0.05, 0) is 61.4 Å². The van der Waals surface area contributed by atoms with E-state index in [4.69, 9.17) is 57.4 Å². The normalized spacial score (nSPS) is 16.6. The summed E-state index contributed by atoms with van der Waals surface area (Å²) in [5, 5.41) is 21.1. The number of aromatic nitrogens is 4. The lowest BCUT2D eigenvalue weighted by molar-refractivity contribution is -0.144. The van der Waals surface area contributed by atoms with Crippen molar-refractivity contribution in [2.75, 3.05) is 91.4 Å². The van der Waals surface area contributed by atoms with Gasteiger partial charge in [0.05, 0.1) is 112 Å². The van der Waals surface area contributed by atoms with Crippen LogP contribution < -0.4 is 21.1 Å². The van der Waals surface area contributed by atoms with Crippen LogP contribution in [0.25, 0.3) is 21.6 Å².